The lowest BCUT2D eigenvalue weighted by atomic mass is 9.78. The Morgan fingerprint density at radius 1 is 0.328 bits per heavy atom. The summed E-state index contributed by atoms with van der Waals surface area (Å²) in [7, 11) is 0. The van der Waals surface area contributed by atoms with Crippen molar-refractivity contribution < 1.29 is 4.42 Å². The van der Waals surface area contributed by atoms with Gasteiger partial charge in [0.15, 0.2) is 0 Å². The highest BCUT2D eigenvalue weighted by molar-refractivity contribution is 6.22. The molecule has 1 heterocycles. The average Bonchev–Trinajstić information content (AvgIpc) is 3.86. The van der Waals surface area contributed by atoms with Crippen LogP contribution in [-0.4, -0.2) is 0 Å². The van der Waals surface area contributed by atoms with Gasteiger partial charge in [-0.3, -0.25) is 0 Å². The van der Waals surface area contributed by atoms with Crippen molar-refractivity contribution >= 4 is 54.3 Å². The topological polar surface area (TPSA) is 13.1 Å². The van der Waals surface area contributed by atoms with E-state index in [4.69, 9.17) is 4.42 Å². The standard InChI is InChI=1S/C60H42O/c1-59(2)50-29-26-37(40-23-14-24-46-48-34-54-49(33-52(48)60(3,4)58(40)46)57-39-18-9-8-15-35(39)27-30-53(57)61-54)31-47(50)41-28-25-38(32-51(41)59)56-44-21-12-10-19-42(44)55(36-16-6-5-7-17-36)43-20-11-13-22-45(43)56/h5-34H,1-4H3. The molecule has 2 aliphatic rings. The van der Waals surface area contributed by atoms with Crippen LogP contribution >= 0.6 is 0 Å². The molecule has 1 heteroatoms. The molecular weight excluding hydrogens is 737 g/mol. The molecule has 0 aliphatic heterocycles. The van der Waals surface area contributed by atoms with Gasteiger partial charge in [0.2, 0.25) is 0 Å². The molecule has 0 bridgehead atoms. The molecular formula is C60H42O. The number of hydrogen-bond acceptors (Lipinski definition) is 1. The molecule has 0 atom stereocenters. The van der Waals surface area contributed by atoms with E-state index < -0.39 is 0 Å². The third kappa shape index (κ3) is 4.67. The second-order valence-electron chi connectivity index (χ2n) is 18.4. The third-order valence-electron chi connectivity index (χ3n) is 14.4. The van der Waals surface area contributed by atoms with Gasteiger partial charge in [-0.2, -0.15) is 0 Å². The summed E-state index contributed by atoms with van der Waals surface area (Å²) in [5.41, 5.74) is 19.9. The molecule has 0 N–H and O–H groups in total. The van der Waals surface area contributed by atoms with Crippen molar-refractivity contribution in [3.63, 3.8) is 0 Å². The molecule has 0 saturated carbocycles. The fourth-order valence-electron chi connectivity index (χ4n) is 11.6. The van der Waals surface area contributed by atoms with Crippen LogP contribution < -0.4 is 0 Å². The molecule has 1 nitrogen and oxygen atoms in total. The van der Waals surface area contributed by atoms with Crippen LogP contribution in [-0.2, 0) is 10.8 Å². The molecule has 10 aromatic carbocycles. The van der Waals surface area contributed by atoms with Gasteiger partial charge in [-0.05, 0) is 141 Å². The minimum atomic E-state index is -0.212. The van der Waals surface area contributed by atoms with Crippen molar-refractivity contribution in [2.24, 2.45) is 0 Å². The predicted octanol–water partition coefficient (Wildman–Crippen LogP) is 16.7. The lowest BCUT2D eigenvalue weighted by Crippen LogP contribution is -2.16. The molecule has 0 unspecified atom stereocenters. The Kier molecular flexibility index (Phi) is 6.91. The molecule has 288 valence electrons. The Balaban J connectivity index is 0.956. The number of furan rings is 1. The highest BCUT2D eigenvalue weighted by Gasteiger charge is 2.40. The maximum Gasteiger partial charge on any atom is 0.136 e. The van der Waals surface area contributed by atoms with E-state index in [-0.39, 0.29) is 10.8 Å². The Morgan fingerprint density at radius 3 is 1.67 bits per heavy atom. The summed E-state index contributed by atoms with van der Waals surface area (Å²) in [4.78, 5) is 0. The Morgan fingerprint density at radius 2 is 0.934 bits per heavy atom. The molecule has 1 aromatic heterocycles. The smallest absolute Gasteiger partial charge is 0.136 e. The van der Waals surface area contributed by atoms with Gasteiger partial charge in [-0.25, -0.2) is 0 Å². The zero-order chi connectivity index (χ0) is 40.8. The van der Waals surface area contributed by atoms with Crippen LogP contribution in [0.5, 0.6) is 0 Å². The maximum absolute atomic E-state index is 6.59. The van der Waals surface area contributed by atoms with Gasteiger partial charge in [0.05, 0.1) is 0 Å². The lowest BCUT2D eigenvalue weighted by Gasteiger charge is -2.25. The van der Waals surface area contributed by atoms with E-state index in [9.17, 15) is 0 Å². The van der Waals surface area contributed by atoms with Gasteiger partial charge >= 0.3 is 0 Å². The largest absolute Gasteiger partial charge is 0.456 e. The number of fused-ring (bicyclic) bond motifs is 13. The van der Waals surface area contributed by atoms with E-state index >= 15 is 0 Å². The fourth-order valence-corrected chi connectivity index (χ4v) is 11.6. The third-order valence-corrected chi connectivity index (χ3v) is 14.4. The number of benzene rings is 10. The van der Waals surface area contributed by atoms with Gasteiger partial charge in [-0.1, -0.05) is 179 Å². The van der Waals surface area contributed by atoms with Crippen LogP contribution in [0.25, 0.3) is 110 Å². The first-order chi connectivity index (χ1) is 29.8. The zero-order valence-corrected chi connectivity index (χ0v) is 34.7. The maximum atomic E-state index is 6.59. The molecule has 0 saturated heterocycles. The quantitative estimate of drug-likeness (QED) is 0.163. The minimum Gasteiger partial charge on any atom is -0.456 e. The summed E-state index contributed by atoms with van der Waals surface area (Å²) < 4.78 is 6.59. The summed E-state index contributed by atoms with van der Waals surface area (Å²) in [5.74, 6) is 0. The number of hydrogen-bond donors (Lipinski definition) is 0. The van der Waals surface area contributed by atoms with Crippen LogP contribution in [0.3, 0.4) is 0 Å². The van der Waals surface area contributed by atoms with Gasteiger partial charge in [-0.15, -0.1) is 0 Å². The van der Waals surface area contributed by atoms with E-state index in [1.807, 2.05) is 0 Å². The van der Waals surface area contributed by atoms with Crippen molar-refractivity contribution in [2.75, 3.05) is 0 Å². The summed E-state index contributed by atoms with van der Waals surface area (Å²) in [5, 5.41) is 10.0. The van der Waals surface area contributed by atoms with Gasteiger partial charge < -0.3 is 4.42 Å². The van der Waals surface area contributed by atoms with Crippen molar-refractivity contribution in [3.05, 3.63) is 204 Å². The zero-order valence-electron chi connectivity index (χ0n) is 34.7. The Hall–Kier alpha value is -7.22. The molecule has 0 amide bonds. The van der Waals surface area contributed by atoms with Gasteiger partial charge in [0, 0.05) is 21.6 Å². The van der Waals surface area contributed by atoms with Crippen molar-refractivity contribution in [2.45, 2.75) is 38.5 Å². The van der Waals surface area contributed by atoms with Gasteiger partial charge in [0.1, 0.15) is 11.2 Å². The van der Waals surface area contributed by atoms with Crippen molar-refractivity contribution in [1.29, 1.82) is 0 Å². The van der Waals surface area contributed by atoms with Crippen LogP contribution in [0.4, 0.5) is 0 Å². The first-order valence-electron chi connectivity index (χ1n) is 21.6. The molecule has 11 aromatic rings. The van der Waals surface area contributed by atoms with E-state index in [1.54, 1.807) is 0 Å². The Labute approximate surface area is 355 Å². The highest BCUT2D eigenvalue weighted by Crippen LogP contribution is 2.56. The Bertz CT molecular complexity index is 3630. The molecule has 0 fully saturated rings. The monoisotopic (exact) mass is 778 g/mol. The van der Waals surface area contributed by atoms with Crippen LogP contribution in [0.2, 0.25) is 0 Å². The van der Waals surface area contributed by atoms with Crippen LogP contribution in [0, 0.1) is 0 Å². The van der Waals surface area contributed by atoms with E-state index in [2.05, 4.69) is 210 Å². The first kappa shape index (κ1) is 34.6. The van der Waals surface area contributed by atoms with Crippen molar-refractivity contribution in [3.8, 4) is 55.6 Å². The number of rotatable bonds is 3. The minimum absolute atomic E-state index is 0.163. The normalized spacial score (nSPS) is 14.5. The molecule has 61 heavy (non-hydrogen) atoms. The highest BCUT2D eigenvalue weighted by atomic mass is 16.3. The SMILES string of the molecule is CC1(C)c2ccc(-c3cccc4c3C(C)(C)c3cc5c(cc3-4)oc3ccc4ccccc4c35)cc2-c2ccc(-c3c4ccccc4c(-c4ccccc4)c4ccccc34)cc21. The second kappa shape index (κ2) is 12.2. The van der Waals surface area contributed by atoms with Crippen molar-refractivity contribution in [1.82, 2.24) is 0 Å². The molecule has 13 rings (SSSR count). The first-order valence-corrected chi connectivity index (χ1v) is 21.6. The molecule has 2 aliphatic carbocycles. The average molecular weight is 779 g/mol. The lowest BCUT2D eigenvalue weighted by molar-refractivity contribution is 0.658. The molecule has 0 radical (unpaired) electrons. The second-order valence-corrected chi connectivity index (χ2v) is 18.4. The predicted molar refractivity (Wildman–Crippen MR) is 258 cm³/mol. The van der Waals surface area contributed by atoms with Crippen LogP contribution in [0.15, 0.2) is 186 Å². The summed E-state index contributed by atoms with van der Waals surface area (Å²) in [6, 6.07) is 67.9. The molecule has 0 spiro atoms. The van der Waals surface area contributed by atoms with E-state index in [1.165, 1.54) is 121 Å². The van der Waals surface area contributed by atoms with Gasteiger partial charge in [0.25, 0.3) is 0 Å². The summed E-state index contributed by atoms with van der Waals surface area (Å²) in [6.07, 6.45) is 0. The van der Waals surface area contributed by atoms with Crippen LogP contribution in [0.1, 0.15) is 49.9 Å². The van der Waals surface area contributed by atoms with E-state index in [0.29, 0.717) is 0 Å². The summed E-state index contributed by atoms with van der Waals surface area (Å²) >= 11 is 0. The van der Waals surface area contributed by atoms with E-state index in [0.717, 1.165) is 11.2 Å². The fraction of sp³-hybridized carbons (Fsp3) is 0.100. The summed E-state index contributed by atoms with van der Waals surface area (Å²) in [6.45, 7) is 9.61.